The number of piperidine rings is 1. The smallest absolute Gasteiger partial charge is 0.323 e. The second-order valence-corrected chi connectivity index (χ2v) is 6.68. The minimum atomic E-state index is -0.303. The van der Waals surface area contributed by atoms with Crippen molar-refractivity contribution in [3.63, 3.8) is 0 Å². The summed E-state index contributed by atoms with van der Waals surface area (Å²) in [7, 11) is 0. The number of hydrogen-bond donors (Lipinski definition) is 2. The van der Waals surface area contributed by atoms with Crippen LogP contribution >= 0.6 is 11.6 Å². The Labute approximate surface area is 147 Å². The number of benzene rings is 2. The van der Waals surface area contributed by atoms with Crippen LogP contribution in [0.2, 0.25) is 5.02 Å². The molecule has 1 heterocycles. The van der Waals surface area contributed by atoms with E-state index in [0.29, 0.717) is 10.7 Å². The van der Waals surface area contributed by atoms with Gasteiger partial charge in [-0.2, -0.15) is 0 Å². The number of nitrogens with zero attached hydrogens (tertiary/aromatic N) is 1. The number of hydrogen-bond acceptors (Lipinski definition) is 2. The summed E-state index contributed by atoms with van der Waals surface area (Å²) in [6, 6.07) is 14.8. The van der Waals surface area contributed by atoms with E-state index in [0.717, 1.165) is 24.7 Å². The molecule has 0 aliphatic carbocycles. The van der Waals surface area contributed by atoms with Gasteiger partial charge in [-0.15, -0.1) is 0 Å². The first-order chi connectivity index (χ1) is 11.6. The highest BCUT2D eigenvalue weighted by molar-refractivity contribution is 6.33. The molecule has 0 spiro atoms. The topological polar surface area (TPSA) is 44.4 Å². The molecule has 0 saturated carbocycles. The highest BCUT2D eigenvalue weighted by Crippen LogP contribution is 2.25. The van der Waals surface area contributed by atoms with Gasteiger partial charge in [0.2, 0.25) is 0 Å². The third-order valence-corrected chi connectivity index (χ3v) is 4.73. The van der Waals surface area contributed by atoms with Crippen molar-refractivity contribution in [2.45, 2.75) is 19.8 Å². The molecule has 4 nitrogen and oxygen atoms in total. The largest absolute Gasteiger partial charge is 0.372 e. The maximum atomic E-state index is 12.1. The monoisotopic (exact) mass is 343 g/mol. The van der Waals surface area contributed by atoms with Crippen LogP contribution in [0.3, 0.4) is 0 Å². The van der Waals surface area contributed by atoms with Crippen molar-refractivity contribution in [1.29, 1.82) is 0 Å². The van der Waals surface area contributed by atoms with Crippen LogP contribution in [0.5, 0.6) is 0 Å². The van der Waals surface area contributed by atoms with Gasteiger partial charge in [0.1, 0.15) is 0 Å². The molecule has 1 aliphatic heterocycles. The zero-order chi connectivity index (χ0) is 16.9. The van der Waals surface area contributed by atoms with Gasteiger partial charge in [-0.25, -0.2) is 4.79 Å². The van der Waals surface area contributed by atoms with Crippen molar-refractivity contribution >= 4 is 34.7 Å². The third kappa shape index (κ3) is 4.20. The lowest BCUT2D eigenvalue weighted by Gasteiger charge is -2.32. The summed E-state index contributed by atoms with van der Waals surface area (Å²) < 4.78 is 0. The number of nitrogens with one attached hydrogen (secondary N) is 2. The van der Waals surface area contributed by atoms with Crippen LogP contribution in [0.1, 0.15) is 19.8 Å². The maximum Gasteiger partial charge on any atom is 0.323 e. The van der Waals surface area contributed by atoms with Crippen LogP contribution < -0.4 is 15.5 Å². The summed E-state index contributed by atoms with van der Waals surface area (Å²) in [5, 5.41) is 6.09. The first kappa shape index (κ1) is 16.7. The Bertz CT molecular complexity index is 694. The number of carbonyl (C=O) groups excluding carboxylic acids is 1. The molecule has 0 radical (unpaired) electrons. The quantitative estimate of drug-likeness (QED) is 0.802. The molecule has 0 bridgehead atoms. The summed E-state index contributed by atoms with van der Waals surface area (Å²) in [5.41, 5.74) is 2.56. The number of halogens is 1. The molecule has 1 saturated heterocycles. The molecular weight excluding hydrogens is 322 g/mol. The average Bonchev–Trinajstić information content (AvgIpc) is 2.58. The SMILES string of the molecule is CC1CCN(c2ccc(NC(=O)Nc3ccccc3Cl)cc2)CC1. The molecule has 0 unspecified atom stereocenters. The summed E-state index contributed by atoms with van der Waals surface area (Å²) in [4.78, 5) is 14.5. The molecular formula is C19H22ClN3O. The number of amides is 2. The first-order valence-electron chi connectivity index (χ1n) is 8.29. The van der Waals surface area contributed by atoms with E-state index < -0.39 is 0 Å². The minimum Gasteiger partial charge on any atom is -0.372 e. The predicted octanol–water partition coefficient (Wildman–Crippen LogP) is 5.22. The molecule has 2 N–H and O–H groups in total. The van der Waals surface area contributed by atoms with Gasteiger partial charge in [0, 0.05) is 24.5 Å². The second-order valence-electron chi connectivity index (χ2n) is 6.28. The van der Waals surface area contributed by atoms with Crippen molar-refractivity contribution in [2.75, 3.05) is 28.6 Å². The fourth-order valence-electron chi connectivity index (χ4n) is 2.87. The number of urea groups is 1. The van der Waals surface area contributed by atoms with Gasteiger partial charge in [0.05, 0.1) is 10.7 Å². The normalized spacial score (nSPS) is 15.2. The predicted molar refractivity (Wildman–Crippen MR) is 101 cm³/mol. The molecule has 0 atom stereocenters. The fraction of sp³-hybridized carbons (Fsp3) is 0.316. The van der Waals surface area contributed by atoms with Gasteiger partial charge in [-0.1, -0.05) is 30.7 Å². The first-order valence-corrected chi connectivity index (χ1v) is 8.67. The summed E-state index contributed by atoms with van der Waals surface area (Å²) in [6.07, 6.45) is 2.47. The van der Waals surface area contributed by atoms with Crippen molar-refractivity contribution in [1.82, 2.24) is 0 Å². The zero-order valence-corrected chi connectivity index (χ0v) is 14.5. The maximum absolute atomic E-state index is 12.1. The standard InChI is InChI=1S/C19H22ClN3O/c1-14-10-12-23(13-11-14)16-8-6-15(7-9-16)21-19(24)22-18-5-3-2-4-17(18)20/h2-9,14H,10-13H2,1H3,(H2,21,22,24). The van der Waals surface area contributed by atoms with E-state index in [4.69, 9.17) is 11.6 Å². The van der Waals surface area contributed by atoms with Crippen LogP contribution in [0.15, 0.2) is 48.5 Å². The van der Waals surface area contributed by atoms with E-state index in [2.05, 4.69) is 34.6 Å². The van der Waals surface area contributed by atoms with Gasteiger partial charge in [0.25, 0.3) is 0 Å². The van der Waals surface area contributed by atoms with Crippen molar-refractivity contribution < 1.29 is 4.79 Å². The highest BCUT2D eigenvalue weighted by atomic mass is 35.5. The third-order valence-electron chi connectivity index (χ3n) is 4.40. The Morgan fingerprint density at radius 2 is 1.71 bits per heavy atom. The van der Waals surface area contributed by atoms with E-state index in [1.165, 1.54) is 18.5 Å². The van der Waals surface area contributed by atoms with Crippen molar-refractivity contribution in [3.05, 3.63) is 53.6 Å². The van der Waals surface area contributed by atoms with Crippen LogP contribution in [-0.4, -0.2) is 19.1 Å². The molecule has 2 aromatic carbocycles. The molecule has 24 heavy (non-hydrogen) atoms. The molecule has 126 valence electrons. The van der Waals surface area contributed by atoms with Gasteiger partial charge in [-0.05, 0) is 55.2 Å². The number of rotatable bonds is 3. The molecule has 2 amide bonds. The summed E-state index contributed by atoms with van der Waals surface area (Å²) in [5.74, 6) is 0.815. The fourth-order valence-corrected chi connectivity index (χ4v) is 3.05. The van der Waals surface area contributed by atoms with E-state index in [-0.39, 0.29) is 6.03 Å². The number of carbonyl (C=O) groups is 1. The molecule has 3 rings (SSSR count). The van der Waals surface area contributed by atoms with Gasteiger partial charge in [-0.3, -0.25) is 0 Å². The lowest BCUT2D eigenvalue weighted by Crippen LogP contribution is -2.32. The van der Waals surface area contributed by atoms with Crippen molar-refractivity contribution in [3.8, 4) is 0 Å². The zero-order valence-electron chi connectivity index (χ0n) is 13.8. The van der Waals surface area contributed by atoms with Crippen LogP contribution in [0.25, 0.3) is 0 Å². The van der Waals surface area contributed by atoms with E-state index in [1.807, 2.05) is 24.3 Å². The molecule has 5 heteroatoms. The molecule has 1 aliphatic rings. The number of anilines is 3. The second kappa shape index (κ2) is 7.58. The molecule has 1 fully saturated rings. The average molecular weight is 344 g/mol. The Morgan fingerprint density at radius 1 is 1.04 bits per heavy atom. The van der Waals surface area contributed by atoms with Crippen LogP contribution in [-0.2, 0) is 0 Å². The Balaban J connectivity index is 1.58. The Morgan fingerprint density at radius 3 is 2.38 bits per heavy atom. The Kier molecular flexibility index (Phi) is 5.26. The van der Waals surface area contributed by atoms with Crippen LogP contribution in [0.4, 0.5) is 21.9 Å². The van der Waals surface area contributed by atoms with Crippen LogP contribution in [0, 0.1) is 5.92 Å². The van der Waals surface area contributed by atoms with Gasteiger partial charge >= 0.3 is 6.03 Å². The van der Waals surface area contributed by atoms with Gasteiger partial charge < -0.3 is 15.5 Å². The Hall–Kier alpha value is -2.20. The van der Waals surface area contributed by atoms with E-state index in [9.17, 15) is 4.79 Å². The van der Waals surface area contributed by atoms with E-state index in [1.54, 1.807) is 12.1 Å². The molecule has 0 aromatic heterocycles. The van der Waals surface area contributed by atoms with Crippen molar-refractivity contribution in [2.24, 2.45) is 5.92 Å². The summed E-state index contributed by atoms with van der Waals surface area (Å²) >= 11 is 6.04. The van der Waals surface area contributed by atoms with Gasteiger partial charge in [0.15, 0.2) is 0 Å². The summed E-state index contributed by atoms with van der Waals surface area (Å²) in [6.45, 7) is 4.50. The molecule has 2 aromatic rings. The minimum absolute atomic E-state index is 0.303. The van der Waals surface area contributed by atoms with E-state index >= 15 is 0 Å². The lowest BCUT2D eigenvalue weighted by molar-refractivity contribution is 0.262. The number of para-hydroxylation sites is 1. The highest BCUT2D eigenvalue weighted by Gasteiger charge is 2.15. The lowest BCUT2D eigenvalue weighted by atomic mass is 9.99.